The standard InChI is InChI=1S/C11H13NO2/c1-2-14-11-7-9(5-6-13)3-4-10(11)8-12/h3-4,7,13H,2,5-6H2,1H3. The third kappa shape index (κ3) is 2.48. The molecule has 0 aliphatic heterocycles. The fourth-order valence-electron chi connectivity index (χ4n) is 1.22. The summed E-state index contributed by atoms with van der Waals surface area (Å²) < 4.78 is 5.31. The second-order valence-corrected chi connectivity index (χ2v) is 2.85. The van der Waals surface area contributed by atoms with E-state index in [-0.39, 0.29) is 6.61 Å². The average molecular weight is 191 g/mol. The number of ether oxygens (including phenoxy) is 1. The number of aliphatic hydroxyl groups excluding tert-OH is 1. The Kier molecular flexibility index (Phi) is 3.96. The van der Waals surface area contributed by atoms with Gasteiger partial charge in [0, 0.05) is 6.61 Å². The highest BCUT2D eigenvalue weighted by Gasteiger charge is 2.03. The highest BCUT2D eigenvalue weighted by Crippen LogP contribution is 2.19. The van der Waals surface area contributed by atoms with Gasteiger partial charge in [0.15, 0.2) is 0 Å². The first-order valence-electron chi connectivity index (χ1n) is 4.58. The molecule has 0 heterocycles. The van der Waals surface area contributed by atoms with Crippen LogP contribution in [-0.2, 0) is 6.42 Å². The fourth-order valence-corrected chi connectivity index (χ4v) is 1.22. The van der Waals surface area contributed by atoms with E-state index in [9.17, 15) is 0 Å². The van der Waals surface area contributed by atoms with Crippen LogP contribution >= 0.6 is 0 Å². The number of rotatable bonds is 4. The quantitative estimate of drug-likeness (QED) is 0.784. The molecule has 1 aromatic rings. The highest BCUT2D eigenvalue weighted by molar-refractivity contribution is 5.45. The van der Waals surface area contributed by atoms with Gasteiger partial charge in [-0.3, -0.25) is 0 Å². The van der Waals surface area contributed by atoms with Crippen LogP contribution in [0.2, 0.25) is 0 Å². The van der Waals surface area contributed by atoms with E-state index in [0.717, 1.165) is 5.56 Å². The summed E-state index contributed by atoms with van der Waals surface area (Å²) >= 11 is 0. The molecule has 0 aliphatic rings. The summed E-state index contributed by atoms with van der Waals surface area (Å²) in [7, 11) is 0. The second-order valence-electron chi connectivity index (χ2n) is 2.85. The minimum absolute atomic E-state index is 0.109. The van der Waals surface area contributed by atoms with Gasteiger partial charge in [-0.05, 0) is 31.0 Å². The van der Waals surface area contributed by atoms with E-state index in [1.54, 1.807) is 12.1 Å². The van der Waals surface area contributed by atoms with Gasteiger partial charge in [-0.1, -0.05) is 6.07 Å². The van der Waals surface area contributed by atoms with Crippen LogP contribution in [0.15, 0.2) is 18.2 Å². The van der Waals surface area contributed by atoms with Crippen molar-refractivity contribution in [3.05, 3.63) is 29.3 Å². The van der Waals surface area contributed by atoms with E-state index in [1.807, 2.05) is 13.0 Å². The summed E-state index contributed by atoms with van der Waals surface area (Å²) in [6, 6.07) is 7.41. The van der Waals surface area contributed by atoms with Crippen LogP contribution in [0.1, 0.15) is 18.1 Å². The zero-order chi connectivity index (χ0) is 10.4. The van der Waals surface area contributed by atoms with Gasteiger partial charge in [-0.25, -0.2) is 0 Å². The number of hydrogen-bond donors (Lipinski definition) is 1. The molecule has 0 aromatic heterocycles. The van der Waals surface area contributed by atoms with Gasteiger partial charge in [0.25, 0.3) is 0 Å². The molecule has 1 aromatic carbocycles. The lowest BCUT2D eigenvalue weighted by Gasteiger charge is -2.07. The van der Waals surface area contributed by atoms with Crippen LogP contribution < -0.4 is 4.74 Å². The average Bonchev–Trinajstić information content (AvgIpc) is 2.19. The van der Waals surface area contributed by atoms with E-state index in [4.69, 9.17) is 15.1 Å². The van der Waals surface area contributed by atoms with Crippen LogP contribution in [0.25, 0.3) is 0 Å². The maximum absolute atomic E-state index is 8.79. The Balaban J connectivity index is 2.96. The Morgan fingerprint density at radius 1 is 1.50 bits per heavy atom. The summed E-state index contributed by atoms with van der Waals surface area (Å²) in [4.78, 5) is 0. The second kappa shape index (κ2) is 5.25. The lowest BCUT2D eigenvalue weighted by Crippen LogP contribution is -1.97. The minimum Gasteiger partial charge on any atom is -0.492 e. The number of aliphatic hydroxyl groups is 1. The van der Waals surface area contributed by atoms with Gasteiger partial charge in [0.05, 0.1) is 12.2 Å². The molecular formula is C11H13NO2. The maximum Gasteiger partial charge on any atom is 0.137 e. The van der Waals surface area contributed by atoms with Crippen LogP contribution in [-0.4, -0.2) is 18.3 Å². The molecule has 0 unspecified atom stereocenters. The van der Waals surface area contributed by atoms with Gasteiger partial charge in [-0.2, -0.15) is 5.26 Å². The molecule has 0 bridgehead atoms. The predicted molar refractivity (Wildman–Crippen MR) is 53.1 cm³/mol. The number of hydrogen-bond acceptors (Lipinski definition) is 3. The molecule has 0 spiro atoms. The minimum atomic E-state index is 0.109. The molecule has 0 fully saturated rings. The van der Waals surface area contributed by atoms with Crippen molar-refractivity contribution in [1.82, 2.24) is 0 Å². The Bertz CT molecular complexity index is 342. The SMILES string of the molecule is CCOc1cc(CCO)ccc1C#N. The Labute approximate surface area is 83.6 Å². The monoisotopic (exact) mass is 191 g/mol. The molecule has 1 N–H and O–H groups in total. The maximum atomic E-state index is 8.79. The first-order valence-corrected chi connectivity index (χ1v) is 4.58. The Morgan fingerprint density at radius 3 is 2.86 bits per heavy atom. The van der Waals surface area contributed by atoms with Crippen molar-refractivity contribution in [2.24, 2.45) is 0 Å². The summed E-state index contributed by atoms with van der Waals surface area (Å²) in [5, 5.41) is 17.5. The third-order valence-corrected chi connectivity index (χ3v) is 1.87. The van der Waals surface area contributed by atoms with Crippen molar-refractivity contribution < 1.29 is 9.84 Å². The lowest BCUT2D eigenvalue weighted by atomic mass is 10.1. The lowest BCUT2D eigenvalue weighted by molar-refractivity contribution is 0.299. The fraction of sp³-hybridized carbons (Fsp3) is 0.364. The van der Waals surface area contributed by atoms with Gasteiger partial charge in [0.2, 0.25) is 0 Å². The number of nitrogens with zero attached hydrogens (tertiary/aromatic N) is 1. The molecule has 0 saturated heterocycles. The van der Waals surface area contributed by atoms with Gasteiger partial charge >= 0.3 is 0 Å². The molecule has 3 heteroatoms. The molecule has 0 aliphatic carbocycles. The molecule has 3 nitrogen and oxygen atoms in total. The molecule has 0 saturated carbocycles. The van der Waals surface area contributed by atoms with Crippen LogP contribution in [0.4, 0.5) is 0 Å². The first kappa shape index (κ1) is 10.6. The van der Waals surface area contributed by atoms with Crippen LogP contribution in [0.5, 0.6) is 5.75 Å². The van der Waals surface area contributed by atoms with Crippen molar-refractivity contribution in [2.45, 2.75) is 13.3 Å². The summed E-state index contributed by atoms with van der Waals surface area (Å²) in [6.45, 7) is 2.52. The van der Waals surface area contributed by atoms with Crippen LogP contribution in [0, 0.1) is 11.3 Å². The molecule has 14 heavy (non-hydrogen) atoms. The van der Waals surface area contributed by atoms with Crippen molar-refractivity contribution in [1.29, 1.82) is 5.26 Å². The zero-order valence-corrected chi connectivity index (χ0v) is 8.16. The molecule has 1 rings (SSSR count). The van der Waals surface area contributed by atoms with E-state index in [1.165, 1.54) is 0 Å². The number of nitriles is 1. The Hall–Kier alpha value is -1.53. The van der Waals surface area contributed by atoms with Crippen molar-refractivity contribution in [3.63, 3.8) is 0 Å². The zero-order valence-electron chi connectivity index (χ0n) is 8.16. The molecule has 74 valence electrons. The van der Waals surface area contributed by atoms with Gasteiger partial charge in [-0.15, -0.1) is 0 Å². The molecule has 0 radical (unpaired) electrons. The van der Waals surface area contributed by atoms with Crippen molar-refractivity contribution in [3.8, 4) is 11.8 Å². The number of benzene rings is 1. The molecular weight excluding hydrogens is 178 g/mol. The summed E-state index contributed by atoms with van der Waals surface area (Å²) in [6.07, 6.45) is 0.589. The molecule has 0 amide bonds. The van der Waals surface area contributed by atoms with E-state index < -0.39 is 0 Å². The van der Waals surface area contributed by atoms with Crippen LogP contribution in [0.3, 0.4) is 0 Å². The third-order valence-electron chi connectivity index (χ3n) is 1.87. The van der Waals surface area contributed by atoms with Gasteiger partial charge in [0.1, 0.15) is 11.8 Å². The van der Waals surface area contributed by atoms with E-state index in [0.29, 0.717) is 24.3 Å². The predicted octanol–water partition coefficient (Wildman–Crippen LogP) is 1.49. The summed E-state index contributed by atoms with van der Waals surface area (Å²) in [5.74, 6) is 0.598. The summed E-state index contributed by atoms with van der Waals surface area (Å²) in [5.41, 5.74) is 1.52. The highest BCUT2D eigenvalue weighted by atomic mass is 16.5. The van der Waals surface area contributed by atoms with E-state index in [2.05, 4.69) is 6.07 Å². The topological polar surface area (TPSA) is 53.2 Å². The first-order chi connectivity index (χ1) is 6.81. The molecule has 0 atom stereocenters. The largest absolute Gasteiger partial charge is 0.492 e. The van der Waals surface area contributed by atoms with Gasteiger partial charge < -0.3 is 9.84 Å². The Morgan fingerprint density at radius 2 is 2.29 bits per heavy atom. The normalized spacial score (nSPS) is 9.50. The van der Waals surface area contributed by atoms with Crippen molar-refractivity contribution in [2.75, 3.05) is 13.2 Å². The van der Waals surface area contributed by atoms with Crippen molar-refractivity contribution >= 4 is 0 Å². The smallest absolute Gasteiger partial charge is 0.137 e. The van der Waals surface area contributed by atoms with E-state index >= 15 is 0 Å².